The maximum atomic E-state index is 13.2. The topological polar surface area (TPSA) is 88.3 Å². The molecule has 0 saturated heterocycles. The van der Waals surface area contributed by atoms with Gasteiger partial charge >= 0.3 is 0 Å². The lowest BCUT2D eigenvalue weighted by atomic mass is 10.1. The quantitative estimate of drug-likeness (QED) is 0.537. The lowest BCUT2D eigenvalue weighted by Crippen LogP contribution is -2.40. The fourth-order valence-electron chi connectivity index (χ4n) is 3.80. The second-order valence-electron chi connectivity index (χ2n) is 7.46. The summed E-state index contributed by atoms with van der Waals surface area (Å²) in [6, 6.07) is 11.0. The Morgan fingerprint density at radius 3 is 2.77 bits per heavy atom. The number of aromatic amines is 1. The average molecular weight is 423 g/mol. The number of nitrogens with one attached hydrogen (secondary N) is 1. The van der Waals surface area contributed by atoms with Crippen molar-refractivity contribution in [3.63, 3.8) is 0 Å². The summed E-state index contributed by atoms with van der Waals surface area (Å²) in [5.41, 5.74) is 4.37. The molecule has 4 aromatic rings. The van der Waals surface area contributed by atoms with E-state index in [9.17, 15) is 9.59 Å². The number of benzene rings is 1. The van der Waals surface area contributed by atoms with Crippen LogP contribution in [0.3, 0.4) is 0 Å². The van der Waals surface area contributed by atoms with Crippen LogP contribution in [0.1, 0.15) is 27.4 Å². The summed E-state index contributed by atoms with van der Waals surface area (Å²) in [4.78, 5) is 32.4. The zero-order valence-electron chi connectivity index (χ0n) is 16.5. The summed E-state index contributed by atoms with van der Waals surface area (Å²) in [5.74, 6) is -0.183. The van der Waals surface area contributed by atoms with Gasteiger partial charge in [0.1, 0.15) is 0 Å². The van der Waals surface area contributed by atoms with Crippen molar-refractivity contribution in [2.24, 2.45) is 7.05 Å². The normalized spacial score (nSPS) is 13.6. The van der Waals surface area contributed by atoms with Crippen molar-refractivity contribution in [2.45, 2.75) is 19.9 Å². The molecule has 1 aromatic carbocycles. The molecule has 152 valence electrons. The second kappa shape index (κ2) is 6.84. The van der Waals surface area contributed by atoms with Gasteiger partial charge in [-0.1, -0.05) is 29.8 Å². The molecule has 0 aliphatic carbocycles. The Labute approximate surface area is 176 Å². The molecule has 0 radical (unpaired) electrons. The molecular weight excluding hydrogens is 404 g/mol. The first kappa shape index (κ1) is 18.6. The van der Waals surface area contributed by atoms with Crippen LogP contribution >= 0.6 is 11.6 Å². The fourth-order valence-corrected chi connectivity index (χ4v) is 4.04. The summed E-state index contributed by atoms with van der Waals surface area (Å²) in [6.45, 7) is 2.59. The third-order valence-corrected chi connectivity index (χ3v) is 5.88. The minimum Gasteiger partial charge on any atom is -0.332 e. The maximum Gasteiger partial charge on any atom is 0.277 e. The summed E-state index contributed by atoms with van der Waals surface area (Å²) in [5, 5.41) is 7.95. The van der Waals surface area contributed by atoms with E-state index < -0.39 is 0 Å². The van der Waals surface area contributed by atoms with E-state index >= 15 is 0 Å². The Hall–Kier alpha value is -3.39. The number of carbonyl (C=O) groups is 1. The molecule has 3 aromatic heterocycles. The van der Waals surface area contributed by atoms with Crippen LogP contribution in [0.4, 0.5) is 0 Å². The minimum atomic E-state index is -0.206. The van der Waals surface area contributed by atoms with Gasteiger partial charge in [-0.15, -0.1) is 0 Å². The largest absolute Gasteiger partial charge is 0.332 e. The second-order valence-corrected chi connectivity index (χ2v) is 7.86. The minimum absolute atomic E-state index is 0.183. The number of carbonyl (C=O) groups excluding carboxylic acids is 1. The third kappa shape index (κ3) is 2.91. The monoisotopic (exact) mass is 422 g/mol. The number of halogens is 1. The van der Waals surface area contributed by atoms with Crippen molar-refractivity contribution in [2.75, 3.05) is 6.54 Å². The number of hydrogen-bond acceptors (Lipinski definition) is 4. The van der Waals surface area contributed by atoms with Gasteiger partial charge in [0.2, 0.25) is 0 Å². The molecule has 1 amide bonds. The Balaban J connectivity index is 1.53. The summed E-state index contributed by atoms with van der Waals surface area (Å²) in [6.07, 6.45) is 0.519. The van der Waals surface area contributed by atoms with Crippen molar-refractivity contribution in [1.29, 1.82) is 0 Å². The first-order valence-corrected chi connectivity index (χ1v) is 9.98. The van der Waals surface area contributed by atoms with Crippen LogP contribution in [0.5, 0.6) is 0 Å². The number of amides is 1. The molecule has 0 saturated carbocycles. The predicted molar refractivity (Wildman–Crippen MR) is 113 cm³/mol. The van der Waals surface area contributed by atoms with Crippen molar-refractivity contribution in [3.05, 3.63) is 74.4 Å². The lowest BCUT2D eigenvalue weighted by molar-refractivity contribution is 0.0725. The molecule has 0 bridgehead atoms. The molecule has 1 aliphatic heterocycles. The van der Waals surface area contributed by atoms with Crippen LogP contribution in [0.15, 0.2) is 41.2 Å². The number of rotatable bonds is 2. The molecule has 0 spiro atoms. The van der Waals surface area contributed by atoms with E-state index in [1.165, 1.54) is 4.52 Å². The van der Waals surface area contributed by atoms with Gasteiger partial charge < -0.3 is 4.90 Å². The number of fused-ring (bicyclic) bond motifs is 2. The van der Waals surface area contributed by atoms with Crippen molar-refractivity contribution in [3.8, 4) is 11.3 Å². The Morgan fingerprint density at radius 2 is 2.03 bits per heavy atom. The number of hydrogen-bond donors (Lipinski definition) is 1. The molecule has 0 atom stereocenters. The molecule has 5 rings (SSSR count). The van der Waals surface area contributed by atoms with Crippen LogP contribution in [-0.4, -0.2) is 41.7 Å². The van der Waals surface area contributed by atoms with Crippen LogP contribution in [0, 0.1) is 6.92 Å². The Kier molecular flexibility index (Phi) is 4.25. The van der Waals surface area contributed by atoms with Gasteiger partial charge in [0.25, 0.3) is 11.5 Å². The molecule has 1 aliphatic rings. The number of H-pyrrole nitrogens is 1. The smallest absolute Gasteiger partial charge is 0.277 e. The molecule has 0 fully saturated rings. The summed E-state index contributed by atoms with van der Waals surface area (Å²) >= 11 is 6.30. The molecule has 9 heteroatoms. The van der Waals surface area contributed by atoms with E-state index in [0.29, 0.717) is 40.6 Å². The Morgan fingerprint density at radius 1 is 1.23 bits per heavy atom. The van der Waals surface area contributed by atoms with Crippen molar-refractivity contribution >= 4 is 23.2 Å². The number of nitrogens with zero attached hydrogens (tertiary/aromatic N) is 5. The molecule has 0 unspecified atom stereocenters. The van der Waals surface area contributed by atoms with E-state index in [2.05, 4.69) is 15.2 Å². The molecular formula is C21H19ClN6O2. The van der Waals surface area contributed by atoms with Crippen LogP contribution < -0.4 is 5.56 Å². The van der Waals surface area contributed by atoms with Gasteiger partial charge in [-0.05, 0) is 19.1 Å². The zero-order valence-corrected chi connectivity index (χ0v) is 17.3. The van der Waals surface area contributed by atoms with Crippen molar-refractivity contribution < 1.29 is 4.79 Å². The van der Waals surface area contributed by atoms with Gasteiger partial charge in [-0.25, -0.2) is 9.50 Å². The van der Waals surface area contributed by atoms with Crippen LogP contribution in [0.2, 0.25) is 5.02 Å². The molecule has 8 nitrogen and oxygen atoms in total. The van der Waals surface area contributed by atoms with E-state index in [-0.39, 0.29) is 18.0 Å². The molecule has 4 heterocycles. The lowest BCUT2D eigenvalue weighted by Gasteiger charge is -2.27. The standard InChI is InChI=1S/C21H19ClN6O2/c1-12-9-18(24-26(12)2)21(30)27-8-7-16-14(11-27)20(29)28-19(23-16)10-17(25-28)13-5-3-4-6-15(13)22/h3-6,9-10,25H,7-8,11H2,1-2H3. The van der Waals surface area contributed by atoms with Crippen molar-refractivity contribution in [1.82, 2.24) is 29.3 Å². The van der Waals surface area contributed by atoms with E-state index in [0.717, 1.165) is 17.0 Å². The highest BCUT2D eigenvalue weighted by molar-refractivity contribution is 6.33. The number of aromatic nitrogens is 5. The van der Waals surface area contributed by atoms with Gasteiger partial charge in [0, 0.05) is 42.4 Å². The highest BCUT2D eigenvalue weighted by Crippen LogP contribution is 2.27. The summed E-state index contributed by atoms with van der Waals surface area (Å²) < 4.78 is 3.08. The SMILES string of the molecule is Cc1cc(C(=O)N2CCc3nc4cc(-c5ccccc5Cl)[nH]n4c(=O)c3C2)nn1C. The van der Waals surface area contributed by atoms with E-state index in [1.807, 2.05) is 31.2 Å². The maximum absolute atomic E-state index is 13.2. The zero-order chi connectivity index (χ0) is 21.0. The van der Waals surface area contributed by atoms with E-state index in [4.69, 9.17) is 11.6 Å². The first-order valence-electron chi connectivity index (χ1n) is 9.60. The third-order valence-electron chi connectivity index (χ3n) is 5.55. The highest BCUT2D eigenvalue weighted by atomic mass is 35.5. The molecule has 30 heavy (non-hydrogen) atoms. The predicted octanol–water partition coefficient (Wildman–Crippen LogP) is 2.58. The van der Waals surface area contributed by atoms with Crippen LogP contribution in [-0.2, 0) is 20.0 Å². The molecule has 1 N–H and O–H groups in total. The average Bonchev–Trinajstić information content (AvgIpc) is 3.31. The van der Waals surface area contributed by atoms with Gasteiger partial charge in [-0.2, -0.15) is 5.10 Å². The van der Waals surface area contributed by atoms with Crippen LogP contribution in [0.25, 0.3) is 16.9 Å². The Bertz CT molecular complexity index is 1350. The first-order chi connectivity index (χ1) is 14.4. The van der Waals surface area contributed by atoms with Gasteiger partial charge in [-0.3, -0.25) is 19.4 Å². The van der Waals surface area contributed by atoms with Gasteiger partial charge in [0.05, 0.1) is 23.5 Å². The van der Waals surface area contributed by atoms with E-state index in [1.54, 1.807) is 28.8 Å². The highest BCUT2D eigenvalue weighted by Gasteiger charge is 2.27. The number of aryl methyl sites for hydroxylation is 2. The fraction of sp³-hybridized carbons (Fsp3) is 0.238. The van der Waals surface area contributed by atoms with Gasteiger partial charge in [0.15, 0.2) is 11.3 Å². The summed E-state index contributed by atoms with van der Waals surface area (Å²) in [7, 11) is 1.80.